The van der Waals surface area contributed by atoms with Crippen molar-refractivity contribution in [2.75, 3.05) is 33.7 Å². The van der Waals surface area contributed by atoms with Crippen molar-refractivity contribution in [3.63, 3.8) is 0 Å². The summed E-state index contributed by atoms with van der Waals surface area (Å²) in [4.78, 5) is 2.34. The predicted octanol–water partition coefficient (Wildman–Crippen LogP) is 1.72. The maximum Gasteiger partial charge on any atom is -0.00147 e. The van der Waals surface area contributed by atoms with E-state index in [2.05, 4.69) is 24.3 Å². The maximum absolute atomic E-state index is 3.52. The number of nitrogens with one attached hydrogen (secondary N) is 1. The lowest BCUT2D eigenvalue weighted by molar-refractivity contribution is 0.0403. The first-order chi connectivity index (χ1) is 6.73. The molecule has 1 atom stereocenters. The van der Waals surface area contributed by atoms with Crippen LogP contribution in [0, 0.1) is 11.3 Å². The van der Waals surface area contributed by atoms with Crippen LogP contribution in [0.2, 0.25) is 0 Å². The third-order valence-electron chi connectivity index (χ3n) is 4.33. The lowest BCUT2D eigenvalue weighted by Crippen LogP contribution is -2.40. The van der Waals surface area contributed by atoms with Gasteiger partial charge >= 0.3 is 0 Å². The van der Waals surface area contributed by atoms with E-state index in [0.29, 0.717) is 0 Å². The predicted molar refractivity (Wildman–Crippen MR) is 60.4 cm³/mol. The van der Waals surface area contributed by atoms with E-state index < -0.39 is 0 Å². The minimum absolute atomic E-state index is 0.730. The topological polar surface area (TPSA) is 15.3 Å². The molecule has 14 heavy (non-hydrogen) atoms. The maximum atomic E-state index is 3.52. The minimum Gasteiger partial charge on any atom is -0.316 e. The Balaban J connectivity index is 1.88. The van der Waals surface area contributed by atoms with Crippen LogP contribution >= 0.6 is 0 Å². The van der Waals surface area contributed by atoms with Gasteiger partial charge < -0.3 is 10.2 Å². The van der Waals surface area contributed by atoms with Crippen molar-refractivity contribution in [1.29, 1.82) is 0 Å². The molecule has 0 spiro atoms. The normalized spacial score (nSPS) is 30.6. The fraction of sp³-hybridized carbons (Fsp3) is 1.00. The zero-order chi connectivity index (χ0) is 10.0. The van der Waals surface area contributed by atoms with Gasteiger partial charge in [-0.25, -0.2) is 0 Å². The molecule has 1 heterocycles. The van der Waals surface area contributed by atoms with Gasteiger partial charge in [0.25, 0.3) is 0 Å². The molecule has 2 fully saturated rings. The lowest BCUT2D eigenvalue weighted by Gasteiger charge is -2.47. The summed E-state index contributed by atoms with van der Waals surface area (Å²) >= 11 is 0. The van der Waals surface area contributed by atoms with Crippen LogP contribution in [0.1, 0.15) is 32.1 Å². The summed E-state index contributed by atoms with van der Waals surface area (Å²) in [6.07, 6.45) is 7.31. The number of hydrogen-bond acceptors (Lipinski definition) is 2. The molecule has 1 aliphatic carbocycles. The summed E-state index contributed by atoms with van der Waals surface area (Å²) in [5, 5.41) is 3.52. The van der Waals surface area contributed by atoms with E-state index in [-0.39, 0.29) is 0 Å². The van der Waals surface area contributed by atoms with Crippen LogP contribution in [-0.2, 0) is 0 Å². The molecule has 82 valence electrons. The summed E-state index contributed by atoms with van der Waals surface area (Å²) in [5.41, 5.74) is 0.730. The Morgan fingerprint density at radius 2 is 2.14 bits per heavy atom. The van der Waals surface area contributed by atoms with E-state index in [9.17, 15) is 0 Å². The first kappa shape index (κ1) is 10.4. The van der Waals surface area contributed by atoms with Crippen LogP contribution in [0.4, 0.5) is 0 Å². The van der Waals surface area contributed by atoms with Gasteiger partial charge in [-0.3, -0.25) is 0 Å². The van der Waals surface area contributed by atoms with E-state index in [1.54, 1.807) is 0 Å². The van der Waals surface area contributed by atoms with Gasteiger partial charge in [0, 0.05) is 0 Å². The second kappa shape index (κ2) is 4.19. The Labute approximate surface area is 88.1 Å². The number of hydrogen-bond donors (Lipinski definition) is 1. The number of rotatable bonds is 4. The van der Waals surface area contributed by atoms with E-state index in [1.807, 2.05) is 0 Å². The van der Waals surface area contributed by atoms with Gasteiger partial charge in [-0.1, -0.05) is 6.42 Å². The molecule has 2 rings (SSSR count). The smallest absolute Gasteiger partial charge is 0.00147 e. The molecule has 0 aromatic carbocycles. The molecule has 0 aromatic heterocycles. The van der Waals surface area contributed by atoms with Gasteiger partial charge in [0.05, 0.1) is 0 Å². The molecule has 2 aliphatic rings. The van der Waals surface area contributed by atoms with Gasteiger partial charge in [0.15, 0.2) is 0 Å². The highest BCUT2D eigenvalue weighted by Crippen LogP contribution is 2.51. The zero-order valence-electron chi connectivity index (χ0n) is 9.68. The summed E-state index contributed by atoms with van der Waals surface area (Å²) in [6, 6.07) is 0. The number of nitrogens with zero attached hydrogens (tertiary/aromatic N) is 1. The summed E-state index contributed by atoms with van der Waals surface area (Å²) in [7, 11) is 4.39. The first-order valence-electron chi connectivity index (χ1n) is 6.08. The van der Waals surface area contributed by atoms with Crippen LogP contribution < -0.4 is 5.32 Å². The molecule has 1 saturated carbocycles. The van der Waals surface area contributed by atoms with E-state index in [1.165, 1.54) is 51.7 Å². The van der Waals surface area contributed by atoms with Gasteiger partial charge in [0.1, 0.15) is 0 Å². The van der Waals surface area contributed by atoms with Gasteiger partial charge in [-0.15, -0.1) is 0 Å². The van der Waals surface area contributed by atoms with Crippen molar-refractivity contribution in [1.82, 2.24) is 10.2 Å². The molecule has 2 heteroatoms. The highest BCUT2D eigenvalue weighted by molar-refractivity contribution is 4.96. The third kappa shape index (κ3) is 1.96. The Kier molecular flexibility index (Phi) is 3.13. The molecule has 1 saturated heterocycles. The van der Waals surface area contributed by atoms with Crippen molar-refractivity contribution in [2.45, 2.75) is 32.1 Å². The van der Waals surface area contributed by atoms with Crippen molar-refractivity contribution in [3.8, 4) is 0 Å². The molecular formula is C12H24N2. The fourth-order valence-electron chi connectivity index (χ4n) is 3.12. The molecule has 1 N–H and O–H groups in total. The average Bonchev–Trinajstić information content (AvgIpc) is 2.55. The molecule has 0 amide bonds. The monoisotopic (exact) mass is 196 g/mol. The Morgan fingerprint density at radius 3 is 2.57 bits per heavy atom. The van der Waals surface area contributed by atoms with Gasteiger partial charge in [-0.2, -0.15) is 0 Å². The van der Waals surface area contributed by atoms with Crippen LogP contribution in [0.15, 0.2) is 0 Å². The first-order valence-corrected chi connectivity index (χ1v) is 6.08. The van der Waals surface area contributed by atoms with E-state index in [0.717, 1.165) is 11.3 Å². The van der Waals surface area contributed by atoms with Crippen LogP contribution in [-0.4, -0.2) is 38.6 Å². The second-order valence-electron chi connectivity index (χ2n) is 5.46. The highest BCUT2D eigenvalue weighted by Gasteiger charge is 2.44. The largest absolute Gasteiger partial charge is 0.316 e. The Bertz CT molecular complexity index is 179. The molecule has 1 aliphatic heterocycles. The molecular weight excluding hydrogens is 172 g/mol. The SMILES string of the molecule is CN(C)CCC1(C2CCNC2)CCC1. The molecule has 0 bridgehead atoms. The lowest BCUT2D eigenvalue weighted by atomic mass is 9.59. The van der Waals surface area contributed by atoms with Gasteiger partial charge in [-0.05, 0) is 70.7 Å². The van der Waals surface area contributed by atoms with Gasteiger partial charge in [0.2, 0.25) is 0 Å². The Morgan fingerprint density at radius 1 is 1.36 bits per heavy atom. The summed E-state index contributed by atoms with van der Waals surface area (Å²) < 4.78 is 0. The summed E-state index contributed by atoms with van der Waals surface area (Å²) in [5.74, 6) is 0.983. The van der Waals surface area contributed by atoms with Crippen molar-refractivity contribution in [2.24, 2.45) is 11.3 Å². The minimum atomic E-state index is 0.730. The second-order valence-corrected chi connectivity index (χ2v) is 5.46. The Hall–Kier alpha value is -0.0800. The summed E-state index contributed by atoms with van der Waals surface area (Å²) in [6.45, 7) is 3.82. The van der Waals surface area contributed by atoms with E-state index in [4.69, 9.17) is 0 Å². The standard InChI is InChI=1S/C12H24N2/c1-14(2)9-7-12(5-3-6-12)11-4-8-13-10-11/h11,13H,3-10H2,1-2H3. The van der Waals surface area contributed by atoms with Crippen LogP contribution in [0.3, 0.4) is 0 Å². The quantitative estimate of drug-likeness (QED) is 0.736. The third-order valence-corrected chi connectivity index (χ3v) is 4.33. The molecule has 2 nitrogen and oxygen atoms in total. The zero-order valence-corrected chi connectivity index (χ0v) is 9.68. The van der Waals surface area contributed by atoms with Crippen LogP contribution in [0.5, 0.6) is 0 Å². The van der Waals surface area contributed by atoms with Crippen molar-refractivity contribution in [3.05, 3.63) is 0 Å². The average molecular weight is 196 g/mol. The molecule has 1 unspecified atom stereocenters. The van der Waals surface area contributed by atoms with Crippen molar-refractivity contribution >= 4 is 0 Å². The molecule has 0 radical (unpaired) electrons. The highest BCUT2D eigenvalue weighted by atomic mass is 15.0. The van der Waals surface area contributed by atoms with E-state index >= 15 is 0 Å². The molecule has 0 aromatic rings. The van der Waals surface area contributed by atoms with Crippen LogP contribution in [0.25, 0.3) is 0 Å². The van der Waals surface area contributed by atoms with Crippen molar-refractivity contribution < 1.29 is 0 Å². The fourth-order valence-corrected chi connectivity index (χ4v) is 3.12.